The molecule has 0 unspecified atom stereocenters. The van der Waals surface area contributed by atoms with Crippen molar-refractivity contribution in [3.8, 4) is 0 Å². The Morgan fingerprint density at radius 2 is 2.00 bits per heavy atom. The molecule has 0 spiro atoms. The summed E-state index contributed by atoms with van der Waals surface area (Å²) in [5, 5.41) is 13.4. The first-order chi connectivity index (χ1) is 11.5. The fourth-order valence-electron chi connectivity index (χ4n) is 1.99. The summed E-state index contributed by atoms with van der Waals surface area (Å²) in [4.78, 5) is 26.0. The lowest BCUT2D eigenvalue weighted by atomic mass is 10.2. The van der Waals surface area contributed by atoms with Gasteiger partial charge in [-0.25, -0.2) is 9.37 Å². The van der Waals surface area contributed by atoms with Gasteiger partial charge in [0, 0.05) is 18.2 Å². The smallest absolute Gasteiger partial charge is 0.269 e. The number of hydrogen-bond acceptors (Lipinski definition) is 5. The minimum absolute atomic E-state index is 0.0203. The van der Waals surface area contributed by atoms with Crippen molar-refractivity contribution < 1.29 is 14.1 Å². The van der Waals surface area contributed by atoms with Crippen molar-refractivity contribution in [1.29, 1.82) is 0 Å². The number of nitro groups is 1. The number of thiazole rings is 1. The van der Waals surface area contributed by atoms with Crippen LogP contribution in [-0.4, -0.2) is 15.8 Å². The summed E-state index contributed by atoms with van der Waals surface area (Å²) in [5.74, 6) is -0.863. The van der Waals surface area contributed by atoms with Crippen molar-refractivity contribution in [3.63, 3.8) is 0 Å². The van der Waals surface area contributed by atoms with Crippen molar-refractivity contribution in [2.75, 3.05) is 5.32 Å². The number of amides is 1. The maximum absolute atomic E-state index is 13.6. The van der Waals surface area contributed by atoms with E-state index in [4.69, 9.17) is 0 Å². The number of nitrogens with one attached hydrogen (secondary N) is 1. The third-order valence-corrected chi connectivity index (χ3v) is 4.07. The third-order valence-electron chi connectivity index (χ3n) is 3.13. The molecule has 3 rings (SSSR count). The Labute approximate surface area is 139 Å². The zero-order chi connectivity index (χ0) is 17.1. The van der Waals surface area contributed by atoms with Gasteiger partial charge in [0.15, 0.2) is 5.13 Å². The Bertz CT molecular complexity index is 951. The molecule has 0 atom stereocenters. The van der Waals surface area contributed by atoms with Gasteiger partial charge in [0.1, 0.15) is 11.3 Å². The van der Waals surface area contributed by atoms with E-state index in [1.807, 2.05) is 0 Å². The van der Waals surface area contributed by atoms with E-state index in [0.29, 0.717) is 15.4 Å². The van der Waals surface area contributed by atoms with E-state index >= 15 is 0 Å². The second-order valence-corrected chi connectivity index (χ2v) is 5.81. The van der Waals surface area contributed by atoms with Crippen molar-refractivity contribution in [2.24, 2.45) is 0 Å². The molecule has 6 nitrogen and oxygen atoms in total. The minimum atomic E-state index is -0.494. The van der Waals surface area contributed by atoms with Gasteiger partial charge in [0.05, 0.1) is 9.62 Å². The molecule has 8 heteroatoms. The summed E-state index contributed by atoms with van der Waals surface area (Å²) in [6.07, 6.45) is 2.80. The molecular weight excluding hydrogens is 333 g/mol. The van der Waals surface area contributed by atoms with Gasteiger partial charge in [0.2, 0.25) is 5.91 Å². The summed E-state index contributed by atoms with van der Waals surface area (Å²) in [6.45, 7) is 0. The van der Waals surface area contributed by atoms with Crippen LogP contribution in [0, 0.1) is 15.9 Å². The molecule has 1 amide bonds. The second kappa shape index (κ2) is 6.55. The number of nitrogens with zero attached hydrogens (tertiary/aromatic N) is 2. The van der Waals surface area contributed by atoms with E-state index in [1.165, 1.54) is 53.8 Å². The van der Waals surface area contributed by atoms with Gasteiger partial charge >= 0.3 is 0 Å². The van der Waals surface area contributed by atoms with E-state index in [0.717, 1.165) is 0 Å². The number of halogens is 1. The van der Waals surface area contributed by atoms with Crippen LogP contribution in [0.4, 0.5) is 15.2 Å². The van der Waals surface area contributed by atoms with Crippen LogP contribution in [0.25, 0.3) is 16.3 Å². The molecule has 1 heterocycles. The number of aromatic nitrogens is 1. The molecule has 120 valence electrons. The number of non-ortho nitro benzene ring substituents is 1. The molecule has 3 aromatic rings. The van der Waals surface area contributed by atoms with Gasteiger partial charge in [-0.2, -0.15) is 0 Å². The molecule has 2 aromatic carbocycles. The molecule has 0 bridgehead atoms. The molecule has 0 fully saturated rings. The maximum Gasteiger partial charge on any atom is 0.269 e. The lowest BCUT2D eigenvalue weighted by Crippen LogP contribution is -2.07. The summed E-state index contributed by atoms with van der Waals surface area (Å²) < 4.78 is 14.2. The third kappa shape index (κ3) is 3.44. The number of rotatable bonds is 4. The lowest BCUT2D eigenvalue weighted by Gasteiger charge is -1.96. The van der Waals surface area contributed by atoms with Crippen molar-refractivity contribution >= 4 is 44.4 Å². The summed E-state index contributed by atoms with van der Waals surface area (Å²) in [5.41, 5.74) is 0.844. The number of anilines is 1. The number of hydrogen-bond donors (Lipinski definition) is 1. The first-order valence-electron chi connectivity index (χ1n) is 6.81. The Kier molecular flexibility index (Phi) is 4.30. The van der Waals surface area contributed by atoms with Crippen LogP contribution in [0.15, 0.2) is 48.5 Å². The number of benzene rings is 2. The molecule has 0 radical (unpaired) electrons. The molecule has 0 saturated heterocycles. The number of carbonyl (C=O) groups excluding carboxylic acids is 1. The van der Waals surface area contributed by atoms with Crippen LogP contribution < -0.4 is 5.32 Å². The summed E-state index contributed by atoms with van der Waals surface area (Å²) in [6, 6.07) is 10.4. The number of carbonyl (C=O) groups is 1. The van der Waals surface area contributed by atoms with Crippen LogP contribution in [0.2, 0.25) is 0 Å². The first-order valence-corrected chi connectivity index (χ1v) is 7.63. The summed E-state index contributed by atoms with van der Waals surface area (Å²) in [7, 11) is 0. The molecule has 24 heavy (non-hydrogen) atoms. The molecule has 0 aliphatic rings. The van der Waals surface area contributed by atoms with Crippen LogP contribution >= 0.6 is 11.3 Å². The van der Waals surface area contributed by atoms with Gasteiger partial charge in [-0.05, 0) is 35.9 Å². The van der Waals surface area contributed by atoms with Crippen LogP contribution in [0.5, 0.6) is 0 Å². The van der Waals surface area contributed by atoms with Gasteiger partial charge < -0.3 is 0 Å². The monoisotopic (exact) mass is 343 g/mol. The quantitative estimate of drug-likeness (QED) is 0.441. The van der Waals surface area contributed by atoms with Gasteiger partial charge in [-0.1, -0.05) is 17.4 Å². The molecule has 0 aliphatic heterocycles. The van der Waals surface area contributed by atoms with Crippen molar-refractivity contribution in [3.05, 3.63) is 70.0 Å². The molecule has 0 aliphatic carbocycles. The molecule has 1 aromatic heterocycles. The second-order valence-electron chi connectivity index (χ2n) is 4.78. The first kappa shape index (κ1) is 15.8. The Morgan fingerprint density at radius 3 is 2.67 bits per heavy atom. The summed E-state index contributed by atoms with van der Waals surface area (Å²) >= 11 is 1.17. The predicted molar refractivity (Wildman–Crippen MR) is 90.3 cm³/mol. The maximum atomic E-state index is 13.6. The Balaban J connectivity index is 1.70. The molecule has 0 saturated carbocycles. The van der Waals surface area contributed by atoms with Gasteiger partial charge in [-0.15, -0.1) is 0 Å². The topological polar surface area (TPSA) is 85.1 Å². The average Bonchev–Trinajstić information content (AvgIpc) is 2.97. The highest BCUT2D eigenvalue weighted by Crippen LogP contribution is 2.27. The molecule has 1 N–H and O–H groups in total. The van der Waals surface area contributed by atoms with E-state index in [-0.39, 0.29) is 11.2 Å². The van der Waals surface area contributed by atoms with E-state index in [9.17, 15) is 19.3 Å². The number of para-hydroxylation sites is 1. The molecular formula is C16H10FN3O3S. The van der Waals surface area contributed by atoms with Crippen molar-refractivity contribution in [2.45, 2.75) is 0 Å². The predicted octanol–water partition coefficient (Wildman–Crippen LogP) is 4.00. The Morgan fingerprint density at radius 1 is 1.25 bits per heavy atom. The fourth-order valence-corrected chi connectivity index (χ4v) is 2.88. The zero-order valence-electron chi connectivity index (χ0n) is 12.1. The average molecular weight is 343 g/mol. The standard InChI is InChI=1S/C16H10FN3O3S/c17-12-2-1-3-13-15(12)19-16(24-13)18-14(21)9-6-10-4-7-11(8-5-10)20(22)23/h1-9H,(H,18,19,21). The van der Waals surface area contributed by atoms with E-state index < -0.39 is 16.6 Å². The number of fused-ring (bicyclic) bond motifs is 1. The highest BCUT2D eigenvalue weighted by Gasteiger charge is 2.09. The van der Waals surface area contributed by atoms with Gasteiger partial charge in [0.25, 0.3) is 5.69 Å². The van der Waals surface area contributed by atoms with Crippen LogP contribution in [0.1, 0.15) is 5.56 Å². The van der Waals surface area contributed by atoms with Crippen LogP contribution in [0.3, 0.4) is 0 Å². The minimum Gasteiger partial charge on any atom is -0.298 e. The largest absolute Gasteiger partial charge is 0.298 e. The van der Waals surface area contributed by atoms with Crippen molar-refractivity contribution in [1.82, 2.24) is 4.98 Å². The lowest BCUT2D eigenvalue weighted by molar-refractivity contribution is -0.384. The van der Waals surface area contributed by atoms with Gasteiger partial charge in [-0.3, -0.25) is 20.2 Å². The zero-order valence-corrected chi connectivity index (χ0v) is 12.9. The van der Waals surface area contributed by atoms with E-state index in [1.54, 1.807) is 12.1 Å². The van der Waals surface area contributed by atoms with Crippen LogP contribution in [-0.2, 0) is 4.79 Å². The SMILES string of the molecule is O=C(C=Cc1ccc([N+](=O)[O-])cc1)Nc1nc2c(F)cccc2s1. The fraction of sp³-hybridized carbons (Fsp3) is 0. The van der Waals surface area contributed by atoms with E-state index in [2.05, 4.69) is 10.3 Å². The number of nitro benzene ring substituents is 1. The normalized spacial score (nSPS) is 11.0. The highest BCUT2D eigenvalue weighted by molar-refractivity contribution is 7.22. The Hall–Kier alpha value is -3.13. The highest BCUT2D eigenvalue weighted by atomic mass is 32.1.